The number of para-hydroxylation sites is 1. The number of sulfonamides is 1. The van der Waals surface area contributed by atoms with Crippen molar-refractivity contribution in [1.82, 2.24) is 9.29 Å². The third-order valence-electron chi connectivity index (χ3n) is 6.07. The number of benzene rings is 2. The van der Waals surface area contributed by atoms with Gasteiger partial charge in [-0.2, -0.15) is 0 Å². The molecule has 2 aliphatic rings. The van der Waals surface area contributed by atoms with Crippen molar-refractivity contribution in [2.75, 3.05) is 19.4 Å². The maximum atomic E-state index is 12.6. The second kappa shape index (κ2) is 6.22. The summed E-state index contributed by atoms with van der Waals surface area (Å²) < 4.78 is 26.4. The van der Waals surface area contributed by atoms with Gasteiger partial charge in [0.1, 0.15) is 0 Å². The molecule has 2 N–H and O–H groups in total. The van der Waals surface area contributed by atoms with Gasteiger partial charge in [0.05, 0.1) is 10.9 Å². The number of hydrogen-bond donors (Lipinski definition) is 2. The van der Waals surface area contributed by atoms with E-state index in [1.165, 1.54) is 15.3 Å². The first-order valence-electron chi connectivity index (χ1n) is 9.52. The van der Waals surface area contributed by atoms with Gasteiger partial charge in [-0.15, -0.1) is 0 Å². The van der Waals surface area contributed by atoms with Gasteiger partial charge in [-0.1, -0.05) is 30.4 Å². The second-order valence-electron chi connectivity index (χ2n) is 7.80. The lowest BCUT2D eigenvalue weighted by Crippen LogP contribution is -2.29. The largest absolute Gasteiger partial charge is 0.378 e. The lowest BCUT2D eigenvalue weighted by Gasteiger charge is -2.37. The molecule has 0 spiro atoms. The summed E-state index contributed by atoms with van der Waals surface area (Å²) in [6.45, 7) is 0. The number of nitrogens with one attached hydrogen (secondary N) is 2. The highest BCUT2D eigenvalue weighted by atomic mass is 32.2. The molecule has 2 heterocycles. The number of fused-ring (bicyclic) bond motifs is 4. The van der Waals surface area contributed by atoms with Gasteiger partial charge in [0, 0.05) is 42.8 Å². The molecule has 0 amide bonds. The SMILES string of the molecule is CN(C)S(=O)(=O)c1ccc2c(c1)C1C=CCC1C(c1c[nH]c3ccccc13)N2. The van der Waals surface area contributed by atoms with Gasteiger partial charge < -0.3 is 10.3 Å². The lowest BCUT2D eigenvalue weighted by atomic mass is 9.77. The lowest BCUT2D eigenvalue weighted by molar-refractivity contribution is 0.426. The maximum Gasteiger partial charge on any atom is 0.242 e. The molecule has 5 nitrogen and oxygen atoms in total. The second-order valence-corrected chi connectivity index (χ2v) is 9.95. The van der Waals surface area contributed by atoms with E-state index in [9.17, 15) is 8.42 Å². The standard InChI is InChI=1S/C22H23N3O2S/c1-25(2)28(26,27)14-10-11-21-18(12-14)15-7-5-8-17(15)22(24-21)19-13-23-20-9-4-3-6-16(19)20/h3-7,9-13,15,17,22-24H,8H2,1-2H3. The van der Waals surface area contributed by atoms with Crippen LogP contribution in [0.2, 0.25) is 0 Å². The van der Waals surface area contributed by atoms with Gasteiger partial charge in [-0.3, -0.25) is 0 Å². The van der Waals surface area contributed by atoms with Gasteiger partial charge in [-0.05, 0) is 47.7 Å². The molecular weight excluding hydrogens is 370 g/mol. The molecule has 0 fully saturated rings. The van der Waals surface area contributed by atoms with E-state index in [1.807, 2.05) is 18.2 Å². The van der Waals surface area contributed by atoms with E-state index in [0.29, 0.717) is 10.8 Å². The van der Waals surface area contributed by atoms with E-state index in [4.69, 9.17) is 0 Å². The molecule has 6 heteroatoms. The zero-order valence-corrected chi connectivity index (χ0v) is 16.7. The van der Waals surface area contributed by atoms with E-state index in [0.717, 1.165) is 23.2 Å². The summed E-state index contributed by atoms with van der Waals surface area (Å²) in [4.78, 5) is 3.74. The number of rotatable bonds is 3. The van der Waals surface area contributed by atoms with Gasteiger partial charge in [0.15, 0.2) is 0 Å². The molecule has 2 aromatic carbocycles. The number of hydrogen-bond acceptors (Lipinski definition) is 3. The Morgan fingerprint density at radius 3 is 2.71 bits per heavy atom. The summed E-state index contributed by atoms with van der Waals surface area (Å²) in [6, 6.07) is 14.0. The molecule has 1 aromatic heterocycles. The Bertz CT molecular complexity index is 1190. The first-order chi connectivity index (χ1) is 13.5. The fourth-order valence-electron chi connectivity index (χ4n) is 4.60. The Morgan fingerprint density at radius 2 is 1.89 bits per heavy atom. The van der Waals surface area contributed by atoms with E-state index >= 15 is 0 Å². The third kappa shape index (κ3) is 2.52. The van der Waals surface area contributed by atoms with Crippen molar-refractivity contribution in [2.45, 2.75) is 23.3 Å². The number of H-pyrrole nitrogens is 1. The van der Waals surface area contributed by atoms with Crippen LogP contribution in [0.3, 0.4) is 0 Å². The highest BCUT2D eigenvalue weighted by Gasteiger charge is 2.39. The van der Waals surface area contributed by atoms with Gasteiger partial charge in [-0.25, -0.2) is 12.7 Å². The van der Waals surface area contributed by atoms with E-state index in [-0.39, 0.29) is 12.0 Å². The maximum absolute atomic E-state index is 12.6. The predicted octanol–water partition coefficient (Wildman–Crippen LogP) is 4.24. The van der Waals surface area contributed by atoms with Gasteiger partial charge in [0.25, 0.3) is 0 Å². The molecule has 0 radical (unpaired) electrons. The van der Waals surface area contributed by atoms with Crippen molar-refractivity contribution < 1.29 is 8.42 Å². The van der Waals surface area contributed by atoms with Crippen LogP contribution in [0.15, 0.2) is 65.7 Å². The van der Waals surface area contributed by atoms with Crippen molar-refractivity contribution in [1.29, 1.82) is 0 Å². The number of aromatic amines is 1. The summed E-state index contributed by atoms with van der Waals surface area (Å²) in [5, 5.41) is 4.94. The Labute approximate surface area is 165 Å². The molecule has 3 aromatic rings. The Morgan fingerprint density at radius 1 is 1.07 bits per heavy atom. The van der Waals surface area contributed by atoms with Crippen molar-refractivity contribution in [3.63, 3.8) is 0 Å². The number of anilines is 1. The summed E-state index contributed by atoms with van der Waals surface area (Å²) in [5.41, 5.74) is 4.49. The van der Waals surface area contributed by atoms with E-state index in [1.54, 1.807) is 20.2 Å². The van der Waals surface area contributed by atoms with Crippen LogP contribution in [0.5, 0.6) is 0 Å². The van der Waals surface area contributed by atoms with Crippen molar-refractivity contribution >= 4 is 26.6 Å². The molecule has 3 unspecified atom stereocenters. The van der Waals surface area contributed by atoms with Crippen molar-refractivity contribution in [3.05, 3.63) is 71.9 Å². The molecule has 3 atom stereocenters. The minimum atomic E-state index is -3.45. The average molecular weight is 394 g/mol. The van der Waals surface area contributed by atoms with Crippen LogP contribution in [-0.4, -0.2) is 31.8 Å². The molecule has 0 saturated carbocycles. The monoisotopic (exact) mass is 393 g/mol. The van der Waals surface area contributed by atoms with E-state index in [2.05, 4.69) is 46.8 Å². The fourth-order valence-corrected chi connectivity index (χ4v) is 5.54. The van der Waals surface area contributed by atoms with Crippen LogP contribution in [-0.2, 0) is 10.0 Å². The molecule has 144 valence electrons. The Balaban J connectivity index is 1.61. The molecule has 0 bridgehead atoms. The average Bonchev–Trinajstić information content (AvgIpc) is 3.34. The summed E-state index contributed by atoms with van der Waals surface area (Å²) >= 11 is 0. The number of nitrogens with zero attached hydrogens (tertiary/aromatic N) is 1. The minimum Gasteiger partial charge on any atom is -0.378 e. The number of allylic oxidation sites excluding steroid dienone is 2. The van der Waals surface area contributed by atoms with Crippen LogP contribution in [0.4, 0.5) is 5.69 Å². The van der Waals surface area contributed by atoms with Crippen LogP contribution in [0.1, 0.15) is 29.5 Å². The minimum absolute atomic E-state index is 0.181. The molecule has 1 aliphatic heterocycles. The van der Waals surface area contributed by atoms with Crippen molar-refractivity contribution in [2.24, 2.45) is 5.92 Å². The van der Waals surface area contributed by atoms with Gasteiger partial charge >= 0.3 is 0 Å². The first kappa shape index (κ1) is 17.5. The Kier molecular flexibility index (Phi) is 3.89. The normalized spacial score (nSPS) is 23.6. The Hall–Kier alpha value is -2.57. The summed E-state index contributed by atoms with van der Waals surface area (Å²) in [6.07, 6.45) is 7.54. The van der Waals surface area contributed by atoms with Gasteiger partial charge in [0.2, 0.25) is 10.0 Å². The third-order valence-corrected chi connectivity index (χ3v) is 7.88. The highest BCUT2D eigenvalue weighted by molar-refractivity contribution is 7.89. The van der Waals surface area contributed by atoms with Crippen molar-refractivity contribution in [3.8, 4) is 0 Å². The topological polar surface area (TPSA) is 65.2 Å². The fraction of sp³-hybridized carbons (Fsp3) is 0.273. The van der Waals surface area contributed by atoms with Crippen LogP contribution >= 0.6 is 0 Å². The molecule has 5 rings (SSSR count). The molecule has 0 saturated heterocycles. The predicted molar refractivity (Wildman–Crippen MR) is 112 cm³/mol. The van der Waals surface area contributed by atoms with E-state index < -0.39 is 10.0 Å². The molecular formula is C22H23N3O2S. The first-order valence-corrected chi connectivity index (χ1v) is 11.0. The zero-order valence-electron chi connectivity index (χ0n) is 15.9. The van der Waals surface area contributed by atoms with Crippen LogP contribution in [0, 0.1) is 5.92 Å². The summed E-state index contributed by atoms with van der Waals surface area (Å²) in [7, 11) is -0.313. The molecule has 28 heavy (non-hydrogen) atoms. The smallest absolute Gasteiger partial charge is 0.242 e. The zero-order chi connectivity index (χ0) is 19.5. The number of aromatic nitrogens is 1. The quantitative estimate of drug-likeness (QED) is 0.654. The van der Waals surface area contributed by atoms with Crippen LogP contribution < -0.4 is 5.32 Å². The highest BCUT2D eigenvalue weighted by Crippen LogP contribution is 2.51. The summed E-state index contributed by atoms with van der Waals surface area (Å²) in [5.74, 6) is 0.580. The van der Waals surface area contributed by atoms with Crippen LogP contribution in [0.25, 0.3) is 10.9 Å². The molecule has 1 aliphatic carbocycles.